The molecular weight excluding hydrogens is 264 g/mol. The van der Waals surface area contributed by atoms with Gasteiger partial charge in [0, 0.05) is 5.92 Å². The van der Waals surface area contributed by atoms with Crippen molar-refractivity contribution in [2.75, 3.05) is 0 Å². The first-order valence-corrected chi connectivity index (χ1v) is 10.4. The average molecular weight is 297 g/mol. The SMILES string of the molecule is C/C=C(C)/C=C(\C)[C@@H](O[Si](CC)(CC)CC)[C@H](C)C=O. The Morgan fingerprint density at radius 3 is 2.00 bits per heavy atom. The minimum atomic E-state index is -1.70. The summed E-state index contributed by atoms with van der Waals surface area (Å²) in [5.74, 6) is -0.0903. The van der Waals surface area contributed by atoms with Crippen molar-refractivity contribution in [2.24, 2.45) is 5.92 Å². The standard InChI is InChI=1S/C17H32O2Si/c1-8-14(5)12-15(6)17(16(7)13-18)19-20(9-2,10-3)11-4/h8,12-13,16-17H,9-11H2,1-7H3/b14-8+,15-12+/t16-,17-/m1/s1. The quantitative estimate of drug-likeness (QED) is 0.335. The number of rotatable bonds is 9. The van der Waals surface area contributed by atoms with Crippen LogP contribution in [0.4, 0.5) is 0 Å². The molecular formula is C17H32O2Si. The van der Waals surface area contributed by atoms with Crippen molar-refractivity contribution in [2.45, 2.75) is 72.7 Å². The molecule has 0 aliphatic heterocycles. The Balaban J connectivity index is 5.37. The molecule has 0 saturated carbocycles. The van der Waals surface area contributed by atoms with E-state index < -0.39 is 8.32 Å². The van der Waals surface area contributed by atoms with Gasteiger partial charge in [0.25, 0.3) is 0 Å². The molecule has 3 heteroatoms. The zero-order valence-corrected chi connectivity index (χ0v) is 15.3. The Kier molecular flexibility index (Phi) is 8.98. The van der Waals surface area contributed by atoms with Crippen LogP contribution >= 0.6 is 0 Å². The van der Waals surface area contributed by atoms with Crippen LogP contribution in [0.3, 0.4) is 0 Å². The Labute approximate surface area is 126 Å². The maximum atomic E-state index is 11.3. The molecule has 0 spiro atoms. The lowest BCUT2D eigenvalue weighted by Crippen LogP contribution is -2.42. The van der Waals surface area contributed by atoms with Crippen LogP contribution in [0.15, 0.2) is 23.3 Å². The normalized spacial score (nSPS) is 16.9. The van der Waals surface area contributed by atoms with Gasteiger partial charge in [-0.2, -0.15) is 0 Å². The van der Waals surface area contributed by atoms with Crippen molar-refractivity contribution < 1.29 is 9.22 Å². The fourth-order valence-electron chi connectivity index (χ4n) is 2.48. The van der Waals surface area contributed by atoms with Gasteiger partial charge in [0.05, 0.1) is 6.10 Å². The van der Waals surface area contributed by atoms with Gasteiger partial charge in [0.1, 0.15) is 6.29 Å². The summed E-state index contributed by atoms with van der Waals surface area (Å²) in [5, 5.41) is 0. The Morgan fingerprint density at radius 1 is 1.15 bits per heavy atom. The van der Waals surface area contributed by atoms with E-state index in [1.807, 2.05) is 13.8 Å². The van der Waals surface area contributed by atoms with E-state index in [1.165, 1.54) is 5.57 Å². The lowest BCUT2D eigenvalue weighted by Gasteiger charge is -2.35. The Bertz CT molecular complexity index is 346. The summed E-state index contributed by atoms with van der Waals surface area (Å²) in [6, 6.07) is 3.33. The van der Waals surface area contributed by atoms with Gasteiger partial charge >= 0.3 is 0 Å². The molecule has 0 unspecified atom stereocenters. The van der Waals surface area contributed by atoms with Crippen LogP contribution in [0, 0.1) is 5.92 Å². The third-order valence-corrected chi connectivity index (χ3v) is 8.98. The molecule has 0 aromatic heterocycles. The minimum Gasteiger partial charge on any atom is -0.410 e. The van der Waals surface area contributed by atoms with Gasteiger partial charge in [0.15, 0.2) is 8.32 Å². The molecule has 0 radical (unpaired) electrons. The highest BCUT2D eigenvalue weighted by atomic mass is 28.4. The van der Waals surface area contributed by atoms with Crippen LogP contribution in [0.1, 0.15) is 48.5 Å². The monoisotopic (exact) mass is 296 g/mol. The van der Waals surface area contributed by atoms with E-state index in [4.69, 9.17) is 4.43 Å². The van der Waals surface area contributed by atoms with Gasteiger partial charge in [-0.15, -0.1) is 0 Å². The molecule has 0 aromatic rings. The summed E-state index contributed by atoms with van der Waals surface area (Å²) in [4.78, 5) is 11.3. The van der Waals surface area contributed by atoms with Crippen molar-refractivity contribution in [1.82, 2.24) is 0 Å². The van der Waals surface area contributed by atoms with Gasteiger partial charge in [-0.1, -0.05) is 45.4 Å². The van der Waals surface area contributed by atoms with E-state index in [2.05, 4.69) is 46.8 Å². The third-order valence-electron chi connectivity index (χ3n) is 4.36. The van der Waals surface area contributed by atoms with Gasteiger partial charge < -0.3 is 9.22 Å². The lowest BCUT2D eigenvalue weighted by atomic mass is 9.98. The van der Waals surface area contributed by atoms with Gasteiger partial charge in [0.2, 0.25) is 0 Å². The smallest absolute Gasteiger partial charge is 0.192 e. The highest BCUT2D eigenvalue weighted by molar-refractivity contribution is 6.73. The highest BCUT2D eigenvalue weighted by Gasteiger charge is 2.34. The Morgan fingerprint density at radius 2 is 1.65 bits per heavy atom. The predicted molar refractivity (Wildman–Crippen MR) is 90.5 cm³/mol. The molecule has 0 amide bonds. The molecule has 0 bridgehead atoms. The molecule has 0 aromatic carbocycles. The van der Waals surface area contributed by atoms with Crippen molar-refractivity contribution >= 4 is 14.6 Å². The second-order valence-electron chi connectivity index (χ2n) is 5.70. The number of allylic oxidation sites excluding steroid dienone is 3. The zero-order valence-electron chi connectivity index (χ0n) is 14.3. The van der Waals surface area contributed by atoms with Crippen molar-refractivity contribution in [3.63, 3.8) is 0 Å². The second-order valence-corrected chi connectivity index (χ2v) is 10.4. The van der Waals surface area contributed by atoms with Crippen LogP contribution in [0.25, 0.3) is 0 Å². The number of aldehydes is 1. The van der Waals surface area contributed by atoms with Crippen molar-refractivity contribution in [3.05, 3.63) is 23.3 Å². The second kappa shape index (κ2) is 9.30. The van der Waals surface area contributed by atoms with Crippen LogP contribution < -0.4 is 0 Å². The maximum absolute atomic E-state index is 11.3. The molecule has 2 nitrogen and oxygen atoms in total. The first-order chi connectivity index (χ1) is 9.39. The van der Waals surface area contributed by atoms with E-state index >= 15 is 0 Å². The first kappa shape index (κ1) is 19.3. The van der Waals surface area contributed by atoms with Crippen molar-refractivity contribution in [3.8, 4) is 0 Å². The minimum absolute atomic E-state index is 0.0751. The predicted octanol–water partition coefficient (Wildman–Crippen LogP) is 5.12. The summed E-state index contributed by atoms with van der Waals surface area (Å²) in [7, 11) is -1.70. The summed E-state index contributed by atoms with van der Waals surface area (Å²) < 4.78 is 6.56. The molecule has 0 aliphatic rings. The first-order valence-electron chi connectivity index (χ1n) is 7.83. The molecule has 0 heterocycles. The number of carbonyl (C=O) groups is 1. The van der Waals surface area contributed by atoms with E-state index in [1.54, 1.807) is 0 Å². The number of hydrogen-bond acceptors (Lipinski definition) is 2. The van der Waals surface area contributed by atoms with E-state index in [0.717, 1.165) is 30.0 Å². The van der Waals surface area contributed by atoms with E-state index in [-0.39, 0.29) is 12.0 Å². The maximum Gasteiger partial charge on any atom is 0.192 e. The Hall–Kier alpha value is -0.673. The zero-order chi connectivity index (χ0) is 15.8. The average Bonchev–Trinajstić information content (AvgIpc) is 2.48. The highest BCUT2D eigenvalue weighted by Crippen LogP contribution is 2.28. The molecule has 0 fully saturated rings. The van der Waals surface area contributed by atoms with Crippen LogP contribution in [0.5, 0.6) is 0 Å². The molecule has 0 aliphatic carbocycles. The number of carbonyl (C=O) groups excluding carboxylic acids is 1. The van der Waals surface area contributed by atoms with Gasteiger partial charge in [-0.05, 0) is 44.5 Å². The van der Waals surface area contributed by atoms with Gasteiger partial charge in [-0.25, -0.2) is 0 Å². The van der Waals surface area contributed by atoms with E-state index in [9.17, 15) is 4.79 Å². The van der Waals surface area contributed by atoms with Crippen LogP contribution in [0.2, 0.25) is 18.1 Å². The molecule has 0 rings (SSSR count). The number of hydrogen-bond donors (Lipinski definition) is 0. The molecule has 0 N–H and O–H groups in total. The summed E-state index contributed by atoms with van der Waals surface area (Å²) >= 11 is 0. The molecule has 20 heavy (non-hydrogen) atoms. The summed E-state index contributed by atoms with van der Waals surface area (Å²) in [6.45, 7) is 14.8. The fourth-order valence-corrected chi connectivity index (χ4v) is 5.42. The third kappa shape index (κ3) is 5.37. The van der Waals surface area contributed by atoms with Crippen LogP contribution in [-0.2, 0) is 9.22 Å². The van der Waals surface area contributed by atoms with E-state index in [0.29, 0.717) is 0 Å². The molecule has 2 atom stereocenters. The molecule has 116 valence electrons. The van der Waals surface area contributed by atoms with Gasteiger partial charge in [-0.3, -0.25) is 0 Å². The molecule has 0 saturated heterocycles. The summed E-state index contributed by atoms with van der Waals surface area (Å²) in [5.41, 5.74) is 2.37. The lowest BCUT2D eigenvalue weighted by molar-refractivity contribution is -0.112. The summed E-state index contributed by atoms with van der Waals surface area (Å²) in [6.07, 6.45) is 5.17. The topological polar surface area (TPSA) is 26.3 Å². The largest absolute Gasteiger partial charge is 0.410 e. The van der Waals surface area contributed by atoms with Crippen LogP contribution in [-0.4, -0.2) is 20.7 Å². The van der Waals surface area contributed by atoms with Crippen molar-refractivity contribution in [1.29, 1.82) is 0 Å². The fraction of sp³-hybridized carbons (Fsp3) is 0.706.